The highest BCUT2D eigenvalue weighted by atomic mass is 32.1. The Labute approximate surface area is 130 Å². The van der Waals surface area contributed by atoms with Crippen LogP contribution in [-0.4, -0.2) is 24.0 Å². The second-order valence-corrected chi connectivity index (χ2v) is 5.30. The van der Waals surface area contributed by atoms with Crippen LogP contribution in [-0.2, 0) is 9.53 Å². The minimum Gasteiger partial charge on any atom is -0.465 e. The van der Waals surface area contributed by atoms with E-state index in [4.69, 9.17) is 0 Å². The second kappa shape index (κ2) is 6.95. The molecule has 1 aromatic carbocycles. The number of nitrogens with one attached hydrogen (secondary N) is 1. The fourth-order valence-electron chi connectivity index (χ4n) is 1.62. The summed E-state index contributed by atoms with van der Waals surface area (Å²) in [6, 6.07) is 5.73. The van der Waals surface area contributed by atoms with Gasteiger partial charge in [0.15, 0.2) is 5.13 Å². The smallest absolute Gasteiger partial charge is 0.350 e. The highest BCUT2D eigenvalue weighted by molar-refractivity contribution is 7.17. The van der Waals surface area contributed by atoms with Crippen molar-refractivity contribution < 1.29 is 18.7 Å². The first-order valence-corrected chi connectivity index (χ1v) is 7.11. The normalized spacial score (nSPS) is 10.7. The lowest BCUT2D eigenvalue weighted by Gasteiger charge is -1.96. The number of carbonyl (C=O) groups excluding carboxylic acids is 2. The summed E-state index contributed by atoms with van der Waals surface area (Å²) >= 11 is 1.04. The Hall–Kier alpha value is -2.54. The van der Waals surface area contributed by atoms with Gasteiger partial charge in [0.25, 0.3) is 0 Å². The van der Waals surface area contributed by atoms with E-state index in [0.29, 0.717) is 21.3 Å². The fraction of sp³-hybridized carbons (Fsp3) is 0.133. The van der Waals surface area contributed by atoms with Crippen LogP contribution in [0.15, 0.2) is 30.3 Å². The van der Waals surface area contributed by atoms with Crippen molar-refractivity contribution in [2.24, 2.45) is 0 Å². The molecule has 5 nitrogen and oxygen atoms in total. The van der Waals surface area contributed by atoms with E-state index >= 15 is 0 Å². The Morgan fingerprint density at radius 2 is 2.00 bits per heavy atom. The number of thiazole rings is 1. The zero-order valence-corrected chi connectivity index (χ0v) is 12.7. The maximum absolute atomic E-state index is 12.8. The molecular weight excluding hydrogens is 307 g/mol. The van der Waals surface area contributed by atoms with Crippen LogP contribution in [0.5, 0.6) is 0 Å². The van der Waals surface area contributed by atoms with E-state index in [9.17, 15) is 14.0 Å². The number of anilines is 1. The van der Waals surface area contributed by atoms with Gasteiger partial charge in [-0.3, -0.25) is 10.1 Å². The van der Waals surface area contributed by atoms with Crippen molar-refractivity contribution in [3.63, 3.8) is 0 Å². The average molecular weight is 320 g/mol. The van der Waals surface area contributed by atoms with Crippen molar-refractivity contribution in [3.05, 3.63) is 52.3 Å². The van der Waals surface area contributed by atoms with Crippen molar-refractivity contribution in [1.82, 2.24) is 4.98 Å². The largest absolute Gasteiger partial charge is 0.465 e. The van der Waals surface area contributed by atoms with Gasteiger partial charge in [0, 0.05) is 6.08 Å². The lowest BCUT2D eigenvalue weighted by Crippen LogP contribution is -2.07. The Kier molecular flexibility index (Phi) is 5.00. The first kappa shape index (κ1) is 15.8. The fourth-order valence-corrected chi connectivity index (χ4v) is 2.51. The van der Waals surface area contributed by atoms with E-state index in [-0.39, 0.29) is 5.82 Å². The molecule has 0 fully saturated rings. The van der Waals surface area contributed by atoms with Gasteiger partial charge in [0.2, 0.25) is 5.91 Å². The summed E-state index contributed by atoms with van der Waals surface area (Å²) in [5, 5.41) is 2.88. The summed E-state index contributed by atoms with van der Waals surface area (Å²) in [5.74, 6) is -1.22. The van der Waals surface area contributed by atoms with Gasteiger partial charge in [-0.2, -0.15) is 0 Å². The highest BCUT2D eigenvalue weighted by Crippen LogP contribution is 2.23. The number of aryl methyl sites for hydroxylation is 1. The van der Waals surface area contributed by atoms with Gasteiger partial charge in [0.05, 0.1) is 12.8 Å². The molecular formula is C15H13FN2O3S. The van der Waals surface area contributed by atoms with Gasteiger partial charge >= 0.3 is 5.97 Å². The third kappa shape index (κ3) is 3.98. The average Bonchev–Trinajstić information content (AvgIpc) is 2.86. The van der Waals surface area contributed by atoms with E-state index in [1.807, 2.05) is 0 Å². The van der Waals surface area contributed by atoms with Crippen molar-refractivity contribution in [2.75, 3.05) is 12.4 Å². The Morgan fingerprint density at radius 1 is 1.32 bits per heavy atom. The van der Waals surface area contributed by atoms with Crippen molar-refractivity contribution in [1.29, 1.82) is 0 Å². The summed E-state index contributed by atoms with van der Waals surface area (Å²) in [5.41, 5.74) is 1.19. The second-order valence-electron chi connectivity index (χ2n) is 4.30. The molecule has 0 saturated heterocycles. The van der Waals surface area contributed by atoms with E-state index in [1.54, 1.807) is 25.1 Å². The van der Waals surface area contributed by atoms with Crippen molar-refractivity contribution in [3.8, 4) is 0 Å². The predicted molar refractivity (Wildman–Crippen MR) is 82.3 cm³/mol. The molecule has 0 spiro atoms. The van der Waals surface area contributed by atoms with Crippen LogP contribution >= 0.6 is 11.3 Å². The molecule has 1 amide bonds. The maximum Gasteiger partial charge on any atom is 0.350 e. The first-order valence-electron chi connectivity index (χ1n) is 6.30. The van der Waals surface area contributed by atoms with E-state index in [2.05, 4.69) is 15.0 Å². The number of hydrogen-bond acceptors (Lipinski definition) is 5. The molecule has 0 aliphatic rings. The van der Waals surface area contributed by atoms with Crippen LogP contribution < -0.4 is 5.32 Å². The number of benzene rings is 1. The monoisotopic (exact) mass is 320 g/mol. The molecule has 22 heavy (non-hydrogen) atoms. The van der Waals surface area contributed by atoms with Crippen LogP contribution in [0.25, 0.3) is 6.08 Å². The molecule has 0 saturated carbocycles. The number of ether oxygens (including phenoxy) is 1. The number of halogens is 1. The Bertz CT molecular complexity index is 723. The Morgan fingerprint density at radius 3 is 2.64 bits per heavy atom. The molecule has 0 atom stereocenters. The molecule has 0 aliphatic heterocycles. The van der Waals surface area contributed by atoms with Crippen molar-refractivity contribution >= 4 is 34.4 Å². The molecule has 1 aromatic heterocycles. The quantitative estimate of drug-likeness (QED) is 0.694. The zero-order chi connectivity index (χ0) is 16.1. The van der Waals surface area contributed by atoms with Gasteiger partial charge in [-0.15, -0.1) is 0 Å². The maximum atomic E-state index is 12.8. The van der Waals surface area contributed by atoms with Gasteiger partial charge in [-0.25, -0.2) is 14.2 Å². The summed E-state index contributed by atoms with van der Waals surface area (Å²) in [6.07, 6.45) is 2.86. The predicted octanol–water partition coefficient (Wildman–Crippen LogP) is 3.03. The van der Waals surface area contributed by atoms with Gasteiger partial charge in [-0.1, -0.05) is 23.5 Å². The minimum atomic E-state index is -0.489. The van der Waals surface area contributed by atoms with Crippen LogP contribution in [0.3, 0.4) is 0 Å². The standard InChI is InChI=1S/C15H13FN2O3S/c1-9-13(14(20)21-2)22-15(17-9)18-12(19)8-5-10-3-6-11(16)7-4-10/h3-8H,1-2H3,(H,17,18,19)/b8-5+. The highest BCUT2D eigenvalue weighted by Gasteiger charge is 2.16. The topological polar surface area (TPSA) is 68.3 Å². The zero-order valence-electron chi connectivity index (χ0n) is 11.9. The van der Waals surface area contributed by atoms with Crippen LogP contribution in [0.1, 0.15) is 20.9 Å². The Balaban J connectivity index is 2.03. The molecule has 1 N–H and O–H groups in total. The molecule has 0 bridgehead atoms. The summed E-state index contributed by atoms with van der Waals surface area (Å²) in [4.78, 5) is 27.7. The third-order valence-corrected chi connectivity index (χ3v) is 3.75. The summed E-state index contributed by atoms with van der Waals surface area (Å²) in [7, 11) is 1.28. The van der Waals surface area contributed by atoms with E-state index in [0.717, 1.165) is 11.3 Å². The summed E-state index contributed by atoms with van der Waals surface area (Å²) < 4.78 is 17.4. The number of nitrogens with zero attached hydrogens (tertiary/aromatic N) is 1. The molecule has 7 heteroatoms. The molecule has 0 radical (unpaired) electrons. The number of amides is 1. The number of methoxy groups -OCH3 is 1. The van der Waals surface area contributed by atoms with E-state index < -0.39 is 11.9 Å². The number of hydrogen-bond donors (Lipinski definition) is 1. The third-order valence-electron chi connectivity index (χ3n) is 2.69. The van der Waals surface area contributed by atoms with Gasteiger partial charge in [-0.05, 0) is 30.7 Å². The summed E-state index contributed by atoms with van der Waals surface area (Å²) in [6.45, 7) is 1.66. The number of esters is 1. The van der Waals surface area contributed by atoms with E-state index in [1.165, 1.54) is 25.3 Å². The van der Waals surface area contributed by atoms with Crippen LogP contribution in [0.4, 0.5) is 9.52 Å². The van der Waals surface area contributed by atoms with Crippen LogP contribution in [0, 0.1) is 12.7 Å². The number of aromatic nitrogens is 1. The van der Waals surface area contributed by atoms with Gasteiger partial charge < -0.3 is 4.74 Å². The van der Waals surface area contributed by atoms with Crippen molar-refractivity contribution in [2.45, 2.75) is 6.92 Å². The molecule has 0 unspecified atom stereocenters. The van der Waals surface area contributed by atoms with Crippen LogP contribution in [0.2, 0.25) is 0 Å². The van der Waals surface area contributed by atoms with Gasteiger partial charge in [0.1, 0.15) is 10.7 Å². The lowest BCUT2D eigenvalue weighted by molar-refractivity contribution is -0.111. The molecule has 2 rings (SSSR count). The lowest BCUT2D eigenvalue weighted by atomic mass is 10.2. The molecule has 2 aromatic rings. The number of rotatable bonds is 4. The number of carbonyl (C=O) groups is 2. The molecule has 114 valence electrons. The minimum absolute atomic E-state index is 0.312. The molecule has 1 heterocycles. The SMILES string of the molecule is COC(=O)c1sc(NC(=O)/C=C/c2ccc(F)cc2)nc1C. The first-order chi connectivity index (χ1) is 10.5. The molecule has 0 aliphatic carbocycles.